The Labute approximate surface area is 76.2 Å². The Hall–Kier alpha value is -1.32. The van der Waals surface area contributed by atoms with Crippen molar-refractivity contribution in [2.45, 2.75) is 25.2 Å². The molecule has 1 heterocycles. The minimum absolute atomic E-state index is 0.630. The quantitative estimate of drug-likeness (QED) is 0.733. The number of carboxylic acid groups (broad SMARTS) is 1. The summed E-state index contributed by atoms with van der Waals surface area (Å²) in [5.74, 6) is -0.723. The van der Waals surface area contributed by atoms with Gasteiger partial charge in [0, 0.05) is 7.05 Å². The molecule has 0 bridgehead atoms. The predicted octanol–water partition coefficient (Wildman–Crippen LogP) is 0.845. The monoisotopic (exact) mass is 180 g/mol. The van der Waals surface area contributed by atoms with Crippen molar-refractivity contribution in [2.75, 3.05) is 0 Å². The van der Waals surface area contributed by atoms with Crippen LogP contribution in [0, 0.1) is 6.92 Å². The van der Waals surface area contributed by atoms with Crippen molar-refractivity contribution in [3.05, 3.63) is 17.7 Å². The maximum atomic E-state index is 11.0. The normalized spacial score (nSPS) is 18.6. The van der Waals surface area contributed by atoms with Crippen LogP contribution in [0.15, 0.2) is 6.33 Å². The molecule has 0 aliphatic heterocycles. The largest absolute Gasteiger partial charge is 0.481 e. The summed E-state index contributed by atoms with van der Waals surface area (Å²) in [6, 6.07) is 0. The van der Waals surface area contributed by atoms with Crippen molar-refractivity contribution in [3.63, 3.8) is 0 Å². The number of imidazole rings is 1. The first-order chi connectivity index (χ1) is 6.08. The Kier molecular flexibility index (Phi) is 1.49. The molecule has 0 atom stereocenters. The van der Waals surface area contributed by atoms with Crippen LogP contribution in [0.25, 0.3) is 0 Å². The van der Waals surface area contributed by atoms with E-state index in [0.29, 0.717) is 0 Å². The van der Waals surface area contributed by atoms with Crippen LogP contribution < -0.4 is 0 Å². The molecule has 13 heavy (non-hydrogen) atoms. The third-order valence-corrected chi connectivity index (χ3v) is 2.73. The van der Waals surface area contributed by atoms with Crippen molar-refractivity contribution in [2.24, 2.45) is 7.05 Å². The lowest BCUT2D eigenvalue weighted by Crippen LogP contribution is -2.23. The van der Waals surface area contributed by atoms with Gasteiger partial charge >= 0.3 is 5.97 Å². The van der Waals surface area contributed by atoms with E-state index in [4.69, 9.17) is 5.11 Å². The van der Waals surface area contributed by atoms with Gasteiger partial charge in [0.2, 0.25) is 0 Å². The summed E-state index contributed by atoms with van der Waals surface area (Å²) in [4.78, 5) is 15.1. The van der Waals surface area contributed by atoms with E-state index >= 15 is 0 Å². The van der Waals surface area contributed by atoms with Gasteiger partial charge in [-0.3, -0.25) is 4.79 Å². The fraction of sp³-hybridized carbons (Fsp3) is 0.556. The molecule has 4 nitrogen and oxygen atoms in total. The third kappa shape index (κ3) is 0.978. The number of carbonyl (C=O) groups is 1. The maximum absolute atomic E-state index is 11.0. The minimum Gasteiger partial charge on any atom is -0.481 e. The number of nitrogens with zero attached hydrogens (tertiary/aromatic N) is 2. The van der Waals surface area contributed by atoms with Crippen LogP contribution in [-0.4, -0.2) is 20.6 Å². The van der Waals surface area contributed by atoms with E-state index in [2.05, 4.69) is 4.98 Å². The standard InChI is InChI=1S/C9H12N2O2/c1-6-7(11(2)5-10-6)9(3-4-9)8(12)13/h5H,3-4H2,1-2H3,(H,12,13). The van der Waals surface area contributed by atoms with Crippen molar-refractivity contribution in [3.8, 4) is 0 Å². The number of carboxylic acids is 1. The molecule has 0 radical (unpaired) electrons. The number of aliphatic carboxylic acids is 1. The van der Waals surface area contributed by atoms with Crippen molar-refractivity contribution < 1.29 is 9.90 Å². The van der Waals surface area contributed by atoms with Gasteiger partial charge in [-0.1, -0.05) is 0 Å². The summed E-state index contributed by atoms with van der Waals surface area (Å²) in [7, 11) is 1.85. The molecule has 1 saturated carbocycles. The Morgan fingerprint density at radius 3 is 2.62 bits per heavy atom. The van der Waals surface area contributed by atoms with Crippen LogP contribution in [-0.2, 0) is 17.3 Å². The van der Waals surface area contributed by atoms with Crippen LogP contribution in [0.1, 0.15) is 24.2 Å². The van der Waals surface area contributed by atoms with E-state index in [1.807, 2.05) is 18.5 Å². The average Bonchev–Trinajstić information content (AvgIpc) is 2.77. The minimum atomic E-state index is -0.723. The van der Waals surface area contributed by atoms with E-state index in [1.165, 1.54) is 0 Å². The van der Waals surface area contributed by atoms with E-state index in [0.717, 1.165) is 24.2 Å². The topological polar surface area (TPSA) is 55.1 Å². The number of rotatable bonds is 2. The SMILES string of the molecule is Cc1ncn(C)c1C1(C(=O)O)CC1. The van der Waals surface area contributed by atoms with Gasteiger partial charge in [0.05, 0.1) is 17.7 Å². The molecular weight excluding hydrogens is 168 g/mol. The molecule has 1 aliphatic carbocycles. The summed E-state index contributed by atoms with van der Waals surface area (Å²) >= 11 is 0. The Bertz CT molecular complexity index is 344. The van der Waals surface area contributed by atoms with Crippen LogP contribution in [0.4, 0.5) is 0 Å². The van der Waals surface area contributed by atoms with Crippen LogP contribution >= 0.6 is 0 Å². The van der Waals surface area contributed by atoms with Crippen LogP contribution in [0.2, 0.25) is 0 Å². The summed E-state index contributed by atoms with van der Waals surface area (Å²) < 4.78 is 1.82. The summed E-state index contributed by atoms with van der Waals surface area (Å²) in [6.45, 7) is 1.86. The predicted molar refractivity (Wildman–Crippen MR) is 46.5 cm³/mol. The summed E-state index contributed by atoms with van der Waals surface area (Å²) in [5.41, 5.74) is 1.07. The Balaban J connectivity index is 2.51. The van der Waals surface area contributed by atoms with Gasteiger partial charge in [0.15, 0.2) is 0 Å². The lowest BCUT2D eigenvalue weighted by molar-refractivity contribution is -0.140. The van der Waals surface area contributed by atoms with Crippen LogP contribution in [0.3, 0.4) is 0 Å². The molecular formula is C9H12N2O2. The number of aromatic nitrogens is 2. The second-order valence-electron chi connectivity index (χ2n) is 3.68. The summed E-state index contributed by atoms with van der Waals surface area (Å²) in [5, 5.41) is 9.08. The fourth-order valence-electron chi connectivity index (χ4n) is 1.91. The molecule has 0 aromatic carbocycles. The van der Waals surface area contributed by atoms with Gasteiger partial charge in [-0.25, -0.2) is 4.98 Å². The molecule has 1 aromatic rings. The smallest absolute Gasteiger partial charge is 0.315 e. The highest BCUT2D eigenvalue weighted by Gasteiger charge is 2.54. The third-order valence-electron chi connectivity index (χ3n) is 2.73. The fourth-order valence-corrected chi connectivity index (χ4v) is 1.91. The zero-order valence-electron chi connectivity index (χ0n) is 7.74. The van der Waals surface area contributed by atoms with E-state index in [9.17, 15) is 4.79 Å². The van der Waals surface area contributed by atoms with E-state index < -0.39 is 11.4 Å². The summed E-state index contributed by atoms with van der Waals surface area (Å²) in [6.07, 6.45) is 3.15. The second kappa shape index (κ2) is 2.34. The van der Waals surface area contributed by atoms with Gasteiger partial charge < -0.3 is 9.67 Å². The van der Waals surface area contributed by atoms with Crippen LogP contribution in [0.5, 0.6) is 0 Å². The van der Waals surface area contributed by atoms with E-state index in [-0.39, 0.29) is 0 Å². The second-order valence-corrected chi connectivity index (χ2v) is 3.68. The average molecular weight is 180 g/mol. The highest BCUT2D eigenvalue weighted by molar-refractivity contribution is 5.84. The lowest BCUT2D eigenvalue weighted by Gasteiger charge is -2.11. The molecule has 1 aromatic heterocycles. The number of aryl methyl sites for hydroxylation is 2. The van der Waals surface area contributed by atoms with Gasteiger partial charge in [-0.05, 0) is 19.8 Å². The Morgan fingerprint density at radius 2 is 2.31 bits per heavy atom. The molecule has 0 saturated heterocycles. The van der Waals surface area contributed by atoms with Crippen molar-refractivity contribution in [1.29, 1.82) is 0 Å². The first kappa shape index (κ1) is 8.29. The molecule has 0 amide bonds. The zero-order valence-corrected chi connectivity index (χ0v) is 7.74. The van der Waals surface area contributed by atoms with Crippen molar-refractivity contribution in [1.82, 2.24) is 9.55 Å². The molecule has 1 aliphatic rings. The van der Waals surface area contributed by atoms with Gasteiger partial charge in [0.25, 0.3) is 0 Å². The Morgan fingerprint density at radius 1 is 1.69 bits per heavy atom. The first-order valence-electron chi connectivity index (χ1n) is 4.30. The highest BCUT2D eigenvalue weighted by Crippen LogP contribution is 2.49. The molecule has 4 heteroatoms. The molecule has 0 unspecified atom stereocenters. The van der Waals surface area contributed by atoms with Gasteiger partial charge in [0.1, 0.15) is 5.41 Å². The lowest BCUT2D eigenvalue weighted by atomic mass is 10.0. The molecule has 2 rings (SSSR count). The first-order valence-corrected chi connectivity index (χ1v) is 4.30. The molecule has 1 fully saturated rings. The molecule has 1 N–H and O–H groups in total. The van der Waals surface area contributed by atoms with Crippen molar-refractivity contribution >= 4 is 5.97 Å². The molecule has 0 spiro atoms. The number of hydrogen-bond donors (Lipinski definition) is 1. The molecule has 70 valence electrons. The van der Waals surface area contributed by atoms with Gasteiger partial charge in [-0.15, -0.1) is 0 Å². The van der Waals surface area contributed by atoms with Gasteiger partial charge in [-0.2, -0.15) is 0 Å². The van der Waals surface area contributed by atoms with E-state index in [1.54, 1.807) is 6.33 Å². The number of hydrogen-bond acceptors (Lipinski definition) is 2. The highest BCUT2D eigenvalue weighted by atomic mass is 16.4. The zero-order chi connectivity index (χ0) is 9.64. The maximum Gasteiger partial charge on any atom is 0.315 e.